The summed E-state index contributed by atoms with van der Waals surface area (Å²) in [6.45, 7) is 0.197. The number of fused-ring (bicyclic) bond motifs is 3. The van der Waals surface area contributed by atoms with E-state index in [0.717, 1.165) is 28.7 Å². The monoisotopic (exact) mass is 490 g/mol. The molecule has 7 nitrogen and oxygen atoms in total. The number of rotatable bonds is 7. The molecule has 2 aliphatic rings. The van der Waals surface area contributed by atoms with E-state index >= 15 is 0 Å². The maximum absolute atomic E-state index is 12.9. The molecule has 1 unspecified atom stereocenters. The van der Waals surface area contributed by atoms with Crippen molar-refractivity contribution in [3.05, 3.63) is 82.0 Å². The fourth-order valence-electron chi connectivity index (χ4n) is 5.20. The number of nitrogens with one attached hydrogen (secondary N) is 2. The van der Waals surface area contributed by atoms with Crippen molar-refractivity contribution in [2.24, 2.45) is 5.92 Å². The summed E-state index contributed by atoms with van der Waals surface area (Å²) in [5.41, 5.74) is 4.58. The number of alkyl carbamates (subject to hydrolysis) is 1. The first-order chi connectivity index (χ1) is 17.0. The molecule has 8 heteroatoms. The van der Waals surface area contributed by atoms with Crippen molar-refractivity contribution in [3.8, 4) is 11.1 Å². The summed E-state index contributed by atoms with van der Waals surface area (Å²) in [5.74, 6) is -2.03. The van der Waals surface area contributed by atoms with E-state index in [-0.39, 0.29) is 18.4 Å². The number of ether oxygens (including phenoxy) is 1. The maximum atomic E-state index is 12.9. The van der Waals surface area contributed by atoms with Crippen LogP contribution in [0.15, 0.2) is 66.0 Å². The highest BCUT2D eigenvalue weighted by Gasteiger charge is 2.37. The van der Waals surface area contributed by atoms with Crippen LogP contribution in [0.2, 0.25) is 0 Å². The molecule has 0 spiro atoms. The molecule has 2 aliphatic carbocycles. The lowest BCUT2D eigenvalue weighted by Gasteiger charge is -2.23. The van der Waals surface area contributed by atoms with E-state index in [1.54, 1.807) is 17.5 Å². The summed E-state index contributed by atoms with van der Waals surface area (Å²) in [4.78, 5) is 37.9. The second kappa shape index (κ2) is 9.92. The van der Waals surface area contributed by atoms with Gasteiger partial charge in [0.15, 0.2) is 6.04 Å². The van der Waals surface area contributed by atoms with Gasteiger partial charge in [-0.3, -0.25) is 4.79 Å². The molecule has 0 bridgehead atoms. The minimum absolute atomic E-state index is 0.0436. The first-order valence-corrected chi connectivity index (χ1v) is 12.6. The van der Waals surface area contributed by atoms with Crippen LogP contribution in [0, 0.1) is 5.92 Å². The van der Waals surface area contributed by atoms with Crippen LogP contribution < -0.4 is 10.6 Å². The summed E-state index contributed by atoms with van der Waals surface area (Å²) < 4.78 is 5.63. The number of benzene rings is 2. The summed E-state index contributed by atoms with van der Waals surface area (Å²) in [6, 6.07) is 18.2. The summed E-state index contributed by atoms with van der Waals surface area (Å²) >= 11 is 1.28. The van der Waals surface area contributed by atoms with Gasteiger partial charge in [0.2, 0.25) is 5.91 Å². The number of hydrogen-bond donors (Lipinski definition) is 3. The number of carboxylic acid groups (broad SMARTS) is 1. The number of carbonyl (C=O) groups excluding carboxylic acids is 2. The zero-order chi connectivity index (χ0) is 24.4. The van der Waals surface area contributed by atoms with Crippen LogP contribution in [0.25, 0.3) is 11.1 Å². The molecule has 2 amide bonds. The van der Waals surface area contributed by atoms with Crippen molar-refractivity contribution >= 4 is 29.3 Å². The predicted molar refractivity (Wildman–Crippen MR) is 132 cm³/mol. The van der Waals surface area contributed by atoms with Crippen LogP contribution in [0.1, 0.15) is 47.2 Å². The Balaban J connectivity index is 1.21. The normalized spacial score (nSPS) is 19.4. The SMILES string of the molecule is O=C(N[C@@H]1CCC[C@@H]1C(=O)NC(C(=O)O)c1cccs1)OCC1c2ccccc2-c2ccccc21. The molecule has 5 rings (SSSR count). The second-order valence-electron chi connectivity index (χ2n) is 8.91. The highest BCUT2D eigenvalue weighted by atomic mass is 32.1. The lowest BCUT2D eigenvalue weighted by Crippen LogP contribution is -2.46. The van der Waals surface area contributed by atoms with Gasteiger partial charge in [-0.15, -0.1) is 11.3 Å². The zero-order valence-electron chi connectivity index (χ0n) is 19.0. The van der Waals surface area contributed by atoms with Crippen molar-refractivity contribution < 1.29 is 24.2 Å². The van der Waals surface area contributed by atoms with Crippen LogP contribution in [-0.4, -0.2) is 35.7 Å². The van der Waals surface area contributed by atoms with Crippen molar-refractivity contribution in [2.45, 2.75) is 37.3 Å². The van der Waals surface area contributed by atoms with Gasteiger partial charge in [0, 0.05) is 16.8 Å². The smallest absolute Gasteiger partial charge is 0.407 e. The Labute approximate surface area is 207 Å². The molecule has 1 heterocycles. The van der Waals surface area contributed by atoms with Crippen LogP contribution in [0.4, 0.5) is 4.79 Å². The number of carboxylic acids is 1. The van der Waals surface area contributed by atoms with Crippen LogP contribution in [0.5, 0.6) is 0 Å². The van der Waals surface area contributed by atoms with Crippen LogP contribution in [0.3, 0.4) is 0 Å². The van der Waals surface area contributed by atoms with Crippen molar-refractivity contribution in [1.82, 2.24) is 10.6 Å². The molecule has 35 heavy (non-hydrogen) atoms. The molecular weight excluding hydrogens is 464 g/mol. The van der Waals surface area contributed by atoms with E-state index < -0.39 is 30.1 Å². The fourth-order valence-corrected chi connectivity index (χ4v) is 5.96. The molecule has 1 aromatic heterocycles. The number of thiophene rings is 1. The van der Waals surface area contributed by atoms with Crippen LogP contribution >= 0.6 is 11.3 Å². The van der Waals surface area contributed by atoms with E-state index in [0.29, 0.717) is 17.7 Å². The molecule has 1 fully saturated rings. The predicted octanol–water partition coefficient (Wildman–Crippen LogP) is 4.70. The highest BCUT2D eigenvalue weighted by molar-refractivity contribution is 7.10. The molecule has 0 radical (unpaired) electrons. The van der Waals surface area contributed by atoms with Gasteiger partial charge in [-0.2, -0.15) is 0 Å². The lowest BCUT2D eigenvalue weighted by molar-refractivity contribution is -0.142. The Morgan fingerprint density at radius 1 is 0.971 bits per heavy atom. The summed E-state index contributed by atoms with van der Waals surface area (Å²) in [5, 5.41) is 16.8. The summed E-state index contributed by atoms with van der Waals surface area (Å²) in [7, 11) is 0. The number of aliphatic carboxylic acids is 1. The topological polar surface area (TPSA) is 105 Å². The van der Waals surface area contributed by atoms with Gasteiger partial charge in [0.05, 0.1) is 5.92 Å². The number of hydrogen-bond acceptors (Lipinski definition) is 5. The minimum Gasteiger partial charge on any atom is -0.479 e. The minimum atomic E-state index is -1.11. The third-order valence-electron chi connectivity index (χ3n) is 6.86. The average Bonchev–Trinajstić information content (AvgIpc) is 3.61. The van der Waals surface area contributed by atoms with Crippen molar-refractivity contribution in [3.63, 3.8) is 0 Å². The average molecular weight is 491 g/mol. The maximum Gasteiger partial charge on any atom is 0.407 e. The van der Waals surface area contributed by atoms with E-state index in [4.69, 9.17) is 4.74 Å². The molecular formula is C27H26N2O5S. The Kier molecular flexibility index (Phi) is 6.55. The molecule has 2 aromatic carbocycles. The molecule has 0 saturated heterocycles. The lowest BCUT2D eigenvalue weighted by atomic mass is 9.98. The van der Waals surface area contributed by atoms with E-state index in [1.165, 1.54) is 11.3 Å². The summed E-state index contributed by atoms with van der Waals surface area (Å²) in [6.07, 6.45) is 1.42. The molecule has 3 aromatic rings. The Bertz CT molecular complexity index is 1200. The standard InChI is InChI=1S/C27H26N2O5S/c30-25(29-24(26(31)32)23-13-6-14-35-23)20-11-5-12-22(20)28-27(33)34-15-21-18-9-3-1-7-16(18)17-8-2-4-10-19(17)21/h1-4,6-10,13-14,20-22,24H,5,11-12,15H2,(H,28,33)(H,29,30)(H,31,32)/t20-,22+,24?/m0/s1. The van der Waals surface area contributed by atoms with Gasteiger partial charge in [-0.05, 0) is 46.5 Å². The van der Waals surface area contributed by atoms with E-state index in [9.17, 15) is 19.5 Å². The van der Waals surface area contributed by atoms with Crippen molar-refractivity contribution in [2.75, 3.05) is 6.61 Å². The van der Waals surface area contributed by atoms with Gasteiger partial charge < -0.3 is 20.5 Å². The van der Waals surface area contributed by atoms with Gasteiger partial charge in [-0.1, -0.05) is 61.0 Å². The van der Waals surface area contributed by atoms with Crippen LogP contribution in [-0.2, 0) is 14.3 Å². The Hall–Kier alpha value is -3.65. The van der Waals surface area contributed by atoms with Gasteiger partial charge in [-0.25, -0.2) is 9.59 Å². The number of carbonyl (C=O) groups is 3. The molecule has 3 atom stereocenters. The number of amides is 2. The van der Waals surface area contributed by atoms with Gasteiger partial charge in [0.25, 0.3) is 0 Å². The van der Waals surface area contributed by atoms with E-state index in [2.05, 4.69) is 34.9 Å². The van der Waals surface area contributed by atoms with Crippen molar-refractivity contribution in [1.29, 1.82) is 0 Å². The largest absolute Gasteiger partial charge is 0.479 e. The first-order valence-electron chi connectivity index (χ1n) is 11.7. The fraction of sp³-hybridized carbons (Fsp3) is 0.296. The molecule has 3 N–H and O–H groups in total. The third-order valence-corrected chi connectivity index (χ3v) is 7.80. The third kappa shape index (κ3) is 4.66. The molecule has 0 aliphatic heterocycles. The molecule has 180 valence electrons. The van der Waals surface area contributed by atoms with Gasteiger partial charge >= 0.3 is 12.1 Å². The second-order valence-corrected chi connectivity index (χ2v) is 9.89. The zero-order valence-corrected chi connectivity index (χ0v) is 19.8. The van der Waals surface area contributed by atoms with E-state index in [1.807, 2.05) is 24.3 Å². The highest BCUT2D eigenvalue weighted by Crippen LogP contribution is 2.44. The Morgan fingerprint density at radius 2 is 1.66 bits per heavy atom. The molecule has 1 saturated carbocycles. The Morgan fingerprint density at radius 3 is 2.29 bits per heavy atom. The first kappa shape index (κ1) is 23.1. The quantitative estimate of drug-likeness (QED) is 0.445. The van der Waals surface area contributed by atoms with Gasteiger partial charge in [0.1, 0.15) is 6.61 Å².